The lowest BCUT2D eigenvalue weighted by atomic mass is 10.3. The number of carbonyl (C=O) groups is 1. The van der Waals surface area contributed by atoms with Gasteiger partial charge < -0.3 is 19.4 Å². The number of carbonyl (C=O) groups excluding carboxylic acids is 1. The summed E-state index contributed by atoms with van der Waals surface area (Å²) in [6, 6.07) is 4.99. The van der Waals surface area contributed by atoms with Crippen LogP contribution in [0.25, 0.3) is 0 Å². The van der Waals surface area contributed by atoms with Crippen LogP contribution < -0.4 is 10.1 Å². The molecule has 6 nitrogen and oxygen atoms in total. The third kappa shape index (κ3) is 3.91. The fourth-order valence-corrected chi connectivity index (χ4v) is 2.10. The minimum atomic E-state index is -0.328. The molecule has 1 aromatic heterocycles. The average molecular weight is 344 g/mol. The predicted molar refractivity (Wildman–Crippen MR) is 85.0 cm³/mol. The summed E-state index contributed by atoms with van der Waals surface area (Å²) in [6.45, 7) is 0.867. The minimum Gasteiger partial charge on any atom is -0.490 e. The van der Waals surface area contributed by atoms with Crippen molar-refractivity contribution in [3.8, 4) is 5.75 Å². The third-order valence-electron chi connectivity index (χ3n) is 2.90. The molecule has 0 aliphatic carbocycles. The van der Waals surface area contributed by atoms with E-state index in [2.05, 4.69) is 10.3 Å². The number of amides is 1. The number of halogens is 2. The molecule has 1 N–H and O–H groups in total. The number of hydrogen-bond acceptors (Lipinski definition) is 4. The van der Waals surface area contributed by atoms with Crippen molar-refractivity contribution in [1.82, 2.24) is 9.55 Å². The predicted octanol–water partition coefficient (Wildman–Crippen LogP) is 3.00. The molecule has 8 heteroatoms. The first-order valence-electron chi connectivity index (χ1n) is 6.42. The van der Waals surface area contributed by atoms with Crippen LogP contribution in [-0.2, 0) is 11.8 Å². The van der Waals surface area contributed by atoms with Gasteiger partial charge in [-0.15, -0.1) is 0 Å². The van der Waals surface area contributed by atoms with Gasteiger partial charge in [-0.25, -0.2) is 4.98 Å². The van der Waals surface area contributed by atoms with Crippen molar-refractivity contribution < 1.29 is 14.3 Å². The van der Waals surface area contributed by atoms with E-state index in [0.29, 0.717) is 35.4 Å². The van der Waals surface area contributed by atoms with Gasteiger partial charge in [0.05, 0.1) is 17.8 Å². The molecule has 0 atom stereocenters. The molecule has 22 heavy (non-hydrogen) atoms. The maximum Gasteiger partial charge on any atom is 0.273 e. The van der Waals surface area contributed by atoms with Crippen molar-refractivity contribution in [1.29, 1.82) is 0 Å². The van der Waals surface area contributed by atoms with Crippen LogP contribution >= 0.6 is 23.2 Å². The zero-order valence-corrected chi connectivity index (χ0v) is 13.6. The third-order valence-corrected chi connectivity index (χ3v) is 3.55. The average Bonchev–Trinajstić information content (AvgIpc) is 2.81. The van der Waals surface area contributed by atoms with E-state index in [1.165, 1.54) is 10.8 Å². The van der Waals surface area contributed by atoms with Gasteiger partial charge in [-0.05, 0) is 29.8 Å². The van der Waals surface area contributed by atoms with Gasteiger partial charge in [-0.3, -0.25) is 4.79 Å². The van der Waals surface area contributed by atoms with Gasteiger partial charge in [0.15, 0.2) is 0 Å². The number of aromatic nitrogens is 2. The molecule has 0 bridgehead atoms. The number of anilines is 1. The van der Waals surface area contributed by atoms with Crippen molar-refractivity contribution in [2.75, 3.05) is 25.6 Å². The summed E-state index contributed by atoms with van der Waals surface area (Å²) in [6.07, 6.45) is 1.40. The molecule has 1 heterocycles. The Kier molecular flexibility index (Phi) is 5.65. The Morgan fingerprint density at radius 2 is 2.14 bits per heavy atom. The van der Waals surface area contributed by atoms with Crippen LogP contribution in [0.5, 0.6) is 5.75 Å². The highest BCUT2D eigenvalue weighted by Gasteiger charge is 2.13. The highest BCUT2D eigenvalue weighted by atomic mass is 35.5. The van der Waals surface area contributed by atoms with Crippen molar-refractivity contribution in [3.63, 3.8) is 0 Å². The van der Waals surface area contributed by atoms with E-state index in [4.69, 9.17) is 32.7 Å². The molecule has 0 saturated heterocycles. The fraction of sp³-hybridized carbons (Fsp3) is 0.286. The second-order valence-corrected chi connectivity index (χ2v) is 5.16. The van der Waals surface area contributed by atoms with Crippen molar-refractivity contribution >= 4 is 34.8 Å². The first kappa shape index (κ1) is 16.6. The highest BCUT2D eigenvalue weighted by Crippen LogP contribution is 2.28. The van der Waals surface area contributed by atoms with Crippen LogP contribution in [-0.4, -0.2) is 35.8 Å². The Balaban J connectivity index is 2.05. The van der Waals surface area contributed by atoms with E-state index >= 15 is 0 Å². The molecule has 0 unspecified atom stereocenters. The summed E-state index contributed by atoms with van der Waals surface area (Å²) in [7, 11) is 3.25. The number of hydrogen-bond donors (Lipinski definition) is 1. The van der Waals surface area contributed by atoms with Crippen molar-refractivity contribution in [3.05, 3.63) is 40.4 Å². The number of imidazole rings is 1. The highest BCUT2D eigenvalue weighted by molar-refractivity contribution is 6.32. The van der Waals surface area contributed by atoms with E-state index in [9.17, 15) is 4.79 Å². The van der Waals surface area contributed by atoms with E-state index in [0.717, 1.165) is 0 Å². The molecule has 0 saturated carbocycles. The topological polar surface area (TPSA) is 65.4 Å². The van der Waals surface area contributed by atoms with Crippen LogP contribution in [0.2, 0.25) is 10.3 Å². The number of nitrogens with zero attached hydrogens (tertiary/aromatic N) is 2. The van der Waals surface area contributed by atoms with Gasteiger partial charge in [-0.1, -0.05) is 11.6 Å². The summed E-state index contributed by atoms with van der Waals surface area (Å²) in [5, 5.41) is 3.37. The quantitative estimate of drug-likeness (QED) is 0.818. The van der Waals surface area contributed by atoms with E-state index < -0.39 is 0 Å². The maximum absolute atomic E-state index is 12.1. The SMILES string of the molecule is COCCOc1ccc(NC(=O)c2cnc(Cl)n2C)cc1Cl. The first-order valence-corrected chi connectivity index (χ1v) is 7.18. The Hall–Kier alpha value is -1.76. The Bertz CT molecular complexity index is 673. The summed E-state index contributed by atoms with van der Waals surface area (Å²) in [5.74, 6) is 0.200. The lowest BCUT2D eigenvalue weighted by molar-refractivity contribution is 0.101. The van der Waals surface area contributed by atoms with Crippen LogP contribution in [0.3, 0.4) is 0 Å². The zero-order valence-electron chi connectivity index (χ0n) is 12.1. The Labute approximate surface area is 137 Å². The number of rotatable bonds is 6. The van der Waals surface area contributed by atoms with Gasteiger partial charge in [0.1, 0.15) is 18.1 Å². The molecule has 0 spiro atoms. The molecule has 0 radical (unpaired) electrons. The Morgan fingerprint density at radius 1 is 1.36 bits per heavy atom. The number of nitrogens with one attached hydrogen (secondary N) is 1. The molecule has 118 valence electrons. The van der Waals surface area contributed by atoms with E-state index in [1.54, 1.807) is 32.4 Å². The van der Waals surface area contributed by atoms with Crippen LogP contribution in [0.1, 0.15) is 10.5 Å². The smallest absolute Gasteiger partial charge is 0.273 e. The van der Waals surface area contributed by atoms with E-state index in [-0.39, 0.29) is 11.2 Å². The monoisotopic (exact) mass is 343 g/mol. The van der Waals surface area contributed by atoms with Gasteiger partial charge in [0, 0.05) is 19.8 Å². The zero-order chi connectivity index (χ0) is 16.1. The van der Waals surface area contributed by atoms with Crippen LogP contribution in [0.4, 0.5) is 5.69 Å². The standard InChI is InChI=1S/C14H15Cl2N3O3/c1-19-11(8-17-14(19)16)13(20)18-9-3-4-12(10(15)7-9)22-6-5-21-2/h3-4,7-8H,5-6H2,1-2H3,(H,18,20). The van der Waals surface area contributed by atoms with Gasteiger partial charge in [-0.2, -0.15) is 0 Å². The van der Waals surface area contributed by atoms with Crippen molar-refractivity contribution in [2.24, 2.45) is 7.05 Å². The summed E-state index contributed by atoms with van der Waals surface area (Å²) >= 11 is 11.9. The Morgan fingerprint density at radius 3 is 2.73 bits per heavy atom. The summed E-state index contributed by atoms with van der Waals surface area (Å²) in [5.41, 5.74) is 0.896. The van der Waals surface area contributed by atoms with E-state index in [1.807, 2.05) is 0 Å². The number of benzene rings is 1. The lowest BCUT2D eigenvalue weighted by Crippen LogP contribution is -2.15. The number of methoxy groups -OCH3 is 1. The summed E-state index contributed by atoms with van der Waals surface area (Å²) in [4.78, 5) is 16.0. The maximum atomic E-state index is 12.1. The van der Waals surface area contributed by atoms with Crippen LogP contribution in [0.15, 0.2) is 24.4 Å². The molecule has 2 rings (SSSR count). The summed E-state index contributed by atoms with van der Waals surface area (Å²) < 4.78 is 11.8. The molecule has 0 aliphatic rings. The van der Waals surface area contributed by atoms with Crippen molar-refractivity contribution in [2.45, 2.75) is 0 Å². The minimum absolute atomic E-state index is 0.241. The number of ether oxygens (including phenoxy) is 2. The molecular formula is C14H15Cl2N3O3. The van der Waals surface area contributed by atoms with Gasteiger partial charge in [0.25, 0.3) is 5.91 Å². The van der Waals surface area contributed by atoms with Gasteiger partial charge in [0.2, 0.25) is 5.28 Å². The molecule has 0 fully saturated rings. The van der Waals surface area contributed by atoms with Crippen LogP contribution in [0, 0.1) is 0 Å². The van der Waals surface area contributed by atoms with Gasteiger partial charge >= 0.3 is 0 Å². The second-order valence-electron chi connectivity index (χ2n) is 4.41. The normalized spacial score (nSPS) is 10.5. The first-order chi connectivity index (χ1) is 10.5. The molecule has 2 aromatic rings. The molecule has 1 aromatic carbocycles. The molecule has 1 amide bonds. The largest absolute Gasteiger partial charge is 0.490 e. The second kappa shape index (κ2) is 7.49. The molecule has 0 aliphatic heterocycles. The lowest BCUT2D eigenvalue weighted by Gasteiger charge is -2.10. The molecular weight excluding hydrogens is 329 g/mol. The fourth-order valence-electron chi connectivity index (χ4n) is 1.72.